The lowest BCUT2D eigenvalue weighted by molar-refractivity contribution is 0.353. The second kappa shape index (κ2) is 8.52. The number of fused-ring (bicyclic) bond motifs is 2. The van der Waals surface area contributed by atoms with E-state index >= 15 is 0 Å². The zero-order chi connectivity index (χ0) is 24.9. The second-order valence-corrected chi connectivity index (χ2v) is 8.50. The predicted octanol–water partition coefficient (Wildman–Crippen LogP) is 6.34. The van der Waals surface area contributed by atoms with E-state index in [4.69, 9.17) is 18.9 Å². The number of aryl methyl sites for hydroxylation is 4. The Hall–Kier alpha value is -3.80. The molecule has 0 radical (unpaired) electrons. The quantitative estimate of drug-likeness (QED) is 0.360. The van der Waals surface area contributed by atoms with Crippen LogP contribution in [-0.4, -0.2) is 38.7 Å². The number of phenolic OH excluding ortho intramolecular Hbond substituents is 2. The normalized spacial score (nSPS) is 11.2. The Morgan fingerprint density at radius 2 is 0.853 bits per heavy atom. The van der Waals surface area contributed by atoms with Crippen LogP contribution in [0.5, 0.6) is 34.5 Å². The van der Waals surface area contributed by atoms with Gasteiger partial charge in [0.05, 0.1) is 28.4 Å². The number of ether oxygens (including phenoxy) is 4. The van der Waals surface area contributed by atoms with Gasteiger partial charge in [0.25, 0.3) is 0 Å². The second-order valence-electron chi connectivity index (χ2n) is 8.50. The fourth-order valence-corrected chi connectivity index (χ4v) is 4.99. The van der Waals surface area contributed by atoms with E-state index in [0.717, 1.165) is 33.0 Å². The molecule has 6 heteroatoms. The number of hydrogen-bond acceptors (Lipinski definition) is 6. The summed E-state index contributed by atoms with van der Waals surface area (Å²) in [6.07, 6.45) is 0. The number of methoxy groups -OCH3 is 4. The molecule has 0 aromatic heterocycles. The molecule has 0 atom stereocenters. The standard InChI is InChI=1S/C28H30O6/c1-13-9-17-15(3)27(33-7)21(31-5)11-19(17)25(29)23(13)24-14(2)10-18-16(4)28(34-8)22(32-6)12-20(18)26(24)30/h9-12,29-30H,1-8H3. The van der Waals surface area contributed by atoms with Crippen molar-refractivity contribution >= 4 is 21.5 Å². The number of rotatable bonds is 5. The first-order valence-corrected chi connectivity index (χ1v) is 11.0. The van der Waals surface area contributed by atoms with E-state index in [1.165, 1.54) is 0 Å². The lowest BCUT2D eigenvalue weighted by Crippen LogP contribution is -1.98. The largest absolute Gasteiger partial charge is 0.507 e. The van der Waals surface area contributed by atoms with Gasteiger partial charge in [-0.15, -0.1) is 0 Å². The molecule has 0 saturated heterocycles. The van der Waals surface area contributed by atoms with Crippen LogP contribution in [0.15, 0.2) is 24.3 Å². The van der Waals surface area contributed by atoms with Gasteiger partial charge in [-0.2, -0.15) is 0 Å². The van der Waals surface area contributed by atoms with Gasteiger partial charge < -0.3 is 29.2 Å². The molecule has 0 spiro atoms. The Labute approximate surface area is 199 Å². The molecule has 0 heterocycles. The van der Waals surface area contributed by atoms with Gasteiger partial charge in [0.15, 0.2) is 23.0 Å². The minimum Gasteiger partial charge on any atom is -0.507 e. The first-order valence-electron chi connectivity index (χ1n) is 11.0. The van der Waals surface area contributed by atoms with Crippen LogP contribution in [0.2, 0.25) is 0 Å². The highest BCUT2D eigenvalue weighted by molar-refractivity contribution is 6.05. The minimum absolute atomic E-state index is 0.0778. The van der Waals surface area contributed by atoms with Crippen molar-refractivity contribution < 1.29 is 29.2 Å². The highest BCUT2D eigenvalue weighted by Crippen LogP contribution is 2.51. The van der Waals surface area contributed by atoms with Gasteiger partial charge in [-0.25, -0.2) is 0 Å². The monoisotopic (exact) mass is 462 g/mol. The fourth-order valence-electron chi connectivity index (χ4n) is 4.99. The lowest BCUT2D eigenvalue weighted by Gasteiger charge is -2.21. The Balaban J connectivity index is 2.12. The molecule has 34 heavy (non-hydrogen) atoms. The Morgan fingerprint density at radius 1 is 0.500 bits per heavy atom. The zero-order valence-corrected chi connectivity index (χ0v) is 20.8. The molecule has 0 aliphatic rings. The molecule has 6 nitrogen and oxygen atoms in total. The van der Waals surface area contributed by atoms with Gasteiger partial charge >= 0.3 is 0 Å². The van der Waals surface area contributed by atoms with Crippen LogP contribution in [0.25, 0.3) is 32.7 Å². The topological polar surface area (TPSA) is 77.4 Å². The van der Waals surface area contributed by atoms with E-state index < -0.39 is 0 Å². The molecule has 4 rings (SSSR count). The summed E-state index contributed by atoms with van der Waals surface area (Å²) in [6.45, 7) is 7.72. The van der Waals surface area contributed by atoms with Crippen molar-refractivity contribution in [1.82, 2.24) is 0 Å². The number of aromatic hydroxyl groups is 2. The average Bonchev–Trinajstić information content (AvgIpc) is 2.81. The van der Waals surface area contributed by atoms with E-state index in [-0.39, 0.29) is 11.5 Å². The summed E-state index contributed by atoms with van der Waals surface area (Å²) in [6, 6.07) is 7.55. The first kappa shape index (κ1) is 23.4. The van der Waals surface area contributed by atoms with Crippen LogP contribution >= 0.6 is 0 Å². The molecule has 4 aromatic carbocycles. The van der Waals surface area contributed by atoms with E-state index in [1.54, 1.807) is 40.6 Å². The molecule has 0 bridgehead atoms. The van der Waals surface area contributed by atoms with Crippen LogP contribution in [-0.2, 0) is 0 Å². The molecular formula is C28H30O6. The average molecular weight is 463 g/mol. The molecule has 0 aliphatic heterocycles. The predicted molar refractivity (Wildman–Crippen MR) is 135 cm³/mol. The highest BCUT2D eigenvalue weighted by atomic mass is 16.5. The molecule has 178 valence electrons. The Morgan fingerprint density at radius 3 is 1.15 bits per heavy atom. The van der Waals surface area contributed by atoms with E-state index in [1.807, 2.05) is 39.8 Å². The van der Waals surface area contributed by atoms with Crippen molar-refractivity contribution in [2.45, 2.75) is 27.7 Å². The van der Waals surface area contributed by atoms with Crippen molar-refractivity contribution in [1.29, 1.82) is 0 Å². The van der Waals surface area contributed by atoms with Gasteiger partial charge in [-0.1, -0.05) is 12.1 Å². The molecular weight excluding hydrogens is 432 g/mol. The number of benzene rings is 4. The molecule has 0 fully saturated rings. The molecule has 0 unspecified atom stereocenters. The third-order valence-electron chi connectivity index (χ3n) is 6.66. The van der Waals surface area contributed by atoms with Crippen molar-refractivity contribution in [3.8, 4) is 45.6 Å². The van der Waals surface area contributed by atoms with Gasteiger partial charge in [0.1, 0.15) is 11.5 Å². The van der Waals surface area contributed by atoms with Crippen LogP contribution in [0.1, 0.15) is 22.3 Å². The van der Waals surface area contributed by atoms with Crippen molar-refractivity contribution in [2.24, 2.45) is 0 Å². The smallest absolute Gasteiger partial charge is 0.164 e. The van der Waals surface area contributed by atoms with E-state index in [2.05, 4.69) is 0 Å². The third-order valence-corrected chi connectivity index (χ3v) is 6.66. The zero-order valence-electron chi connectivity index (χ0n) is 20.8. The molecule has 0 amide bonds. The van der Waals surface area contributed by atoms with Crippen LogP contribution < -0.4 is 18.9 Å². The van der Waals surface area contributed by atoms with Crippen LogP contribution in [0, 0.1) is 27.7 Å². The van der Waals surface area contributed by atoms with Crippen molar-refractivity contribution in [3.63, 3.8) is 0 Å². The molecule has 0 saturated carbocycles. The van der Waals surface area contributed by atoms with Gasteiger partial charge in [0.2, 0.25) is 0 Å². The van der Waals surface area contributed by atoms with Gasteiger partial charge in [-0.3, -0.25) is 0 Å². The molecule has 2 N–H and O–H groups in total. The summed E-state index contributed by atoms with van der Waals surface area (Å²) in [5.74, 6) is 2.47. The minimum atomic E-state index is 0.0778. The number of hydrogen-bond donors (Lipinski definition) is 2. The van der Waals surface area contributed by atoms with Gasteiger partial charge in [0, 0.05) is 33.0 Å². The first-order chi connectivity index (χ1) is 16.2. The maximum absolute atomic E-state index is 11.5. The third kappa shape index (κ3) is 3.24. The molecule has 4 aromatic rings. The summed E-state index contributed by atoms with van der Waals surface area (Å²) in [4.78, 5) is 0. The van der Waals surface area contributed by atoms with Gasteiger partial charge in [-0.05, 0) is 61.7 Å². The Bertz CT molecular complexity index is 1340. The summed E-state index contributed by atoms with van der Waals surface area (Å²) in [5.41, 5.74) is 4.54. The highest BCUT2D eigenvalue weighted by Gasteiger charge is 2.24. The SMILES string of the molecule is COc1cc2c(O)c(-c3c(C)cc4c(C)c(OC)c(OC)cc4c3O)c(C)cc2c(C)c1OC. The fraction of sp³-hybridized carbons (Fsp3) is 0.286. The molecule has 0 aliphatic carbocycles. The van der Waals surface area contributed by atoms with Crippen LogP contribution in [0.3, 0.4) is 0 Å². The van der Waals surface area contributed by atoms with Crippen molar-refractivity contribution in [3.05, 3.63) is 46.5 Å². The van der Waals surface area contributed by atoms with E-state index in [9.17, 15) is 10.2 Å². The summed E-state index contributed by atoms with van der Waals surface area (Å²) in [5, 5.41) is 26.0. The summed E-state index contributed by atoms with van der Waals surface area (Å²) >= 11 is 0. The summed E-state index contributed by atoms with van der Waals surface area (Å²) in [7, 11) is 6.33. The van der Waals surface area contributed by atoms with Crippen LogP contribution in [0.4, 0.5) is 0 Å². The summed E-state index contributed by atoms with van der Waals surface area (Å²) < 4.78 is 22.1. The van der Waals surface area contributed by atoms with Crippen molar-refractivity contribution in [2.75, 3.05) is 28.4 Å². The maximum atomic E-state index is 11.5. The Kier molecular flexibility index (Phi) is 5.86. The van der Waals surface area contributed by atoms with E-state index in [0.29, 0.717) is 44.9 Å². The maximum Gasteiger partial charge on any atom is 0.164 e. The number of phenols is 2. The lowest BCUT2D eigenvalue weighted by atomic mass is 9.87.